The number of ketones is 2. The summed E-state index contributed by atoms with van der Waals surface area (Å²) in [5.74, 6) is -11.5. The van der Waals surface area contributed by atoms with Gasteiger partial charge in [-0.05, 0) is 128 Å². The van der Waals surface area contributed by atoms with E-state index in [1.165, 1.54) is 80.6 Å². The van der Waals surface area contributed by atoms with Crippen molar-refractivity contribution in [2.24, 2.45) is 47.3 Å². The summed E-state index contributed by atoms with van der Waals surface area (Å²) in [4.78, 5) is 186. The lowest BCUT2D eigenvalue weighted by Crippen LogP contribution is -2.63. The number of aliphatic hydroxyl groups excluding tert-OH is 1. The molecule has 9 amide bonds. The van der Waals surface area contributed by atoms with Crippen LogP contribution in [-0.2, 0) is 71.7 Å². The fourth-order valence-electron chi connectivity index (χ4n) is 13.7. The van der Waals surface area contributed by atoms with Crippen LogP contribution in [-0.4, -0.2) is 265 Å². The zero-order valence-electron chi connectivity index (χ0n) is 66.9. The van der Waals surface area contributed by atoms with Gasteiger partial charge in [0.1, 0.15) is 48.3 Å². The van der Waals surface area contributed by atoms with Gasteiger partial charge in [0.05, 0.1) is 37.6 Å². The van der Waals surface area contributed by atoms with Gasteiger partial charge >= 0.3 is 5.97 Å². The van der Waals surface area contributed by atoms with Gasteiger partial charge < -0.3 is 64.7 Å². The van der Waals surface area contributed by atoms with Crippen LogP contribution in [0.15, 0.2) is 0 Å². The number of aliphatic hydroxyl groups is 1. The van der Waals surface area contributed by atoms with E-state index >= 15 is 33.6 Å². The zero-order chi connectivity index (χ0) is 77.9. The van der Waals surface area contributed by atoms with Crippen molar-refractivity contribution in [1.82, 2.24) is 50.2 Å². The van der Waals surface area contributed by atoms with E-state index < -0.39 is 161 Å². The Balaban J connectivity index is 2.97. The third kappa shape index (κ3) is 28.4. The van der Waals surface area contributed by atoms with Crippen molar-refractivity contribution in [1.29, 1.82) is 0 Å². The highest BCUT2D eigenvalue weighted by molar-refractivity contribution is 6.00. The SMILES string of the molecule is CC[C@@H]1NC(=O)[C@H]([C@H](O)[C@H](C)CCCCCCC(=O)OC(C)C)NC(=O)[C@H](C(C)C)N(C)C(=O)[C@H](CC(C)C)N(C)C(=O)[C@H](CC(C)C)N(C)C(=O)[C@@H](C)NC(=O)[C@H](C)CC(=O)[C@H](CC(C)C)N(C)C(=O)[C@H](C(C)C)CC(=O)[C@H]([C@@H](C)OCCCCN2CCOCC2)N(C)C(=O)[C@@H](C)N(C)C1=O. The van der Waals surface area contributed by atoms with E-state index in [4.69, 9.17) is 14.2 Å². The van der Waals surface area contributed by atoms with E-state index in [1.807, 2.05) is 41.5 Å². The van der Waals surface area contributed by atoms with Crippen molar-refractivity contribution in [3.8, 4) is 0 Å². The third-order valence-electron chi connectivity index (χ3n) is 20.2. The summed E-state index contributed by atoms with van der Waals surface area (Å²) < 4.78 is 17.2. The van der Waals surface area contributed by atoms with Crippen molar-refractivity contribution < 1.29 is 76.9 Å². The molecular formula is C76H136N10O16. The molecule has 0 aromatic heterocycles. The van der Waals surface area contributed by atoms with Crippen molar-refractivity contribution in [3.63, 3.8) is 0 Å². The van der Waals surface area contributed by atoms with Gasteiger partial charge in [-0.1, -0.05) is 109 Å². The Morgan fingerprint density at radius 1 is 0.529 bits per heavy atom. The number of ether oxygens (including phenoxy) is 3. The smallest absolute Gasteiger partial charge is 0.306 e. The molecule has 26 heteroatoms. The first-order chi connectivity index (χ1) is 47.5. The number of esters is 1. The minimum Gasteiger partial charge on any atom is -0.463 e. The molecular weight excluding hydrogens is 1310 g/mol. The highest BCUT2D eigenvalue weighted by Gasteiger charge is 2.45. The monoisotopic (exact) mass is 1450 g/mol. The fraction of sp³-hybridized carbons (Fsp3) is 0.842. The Hall–Kier alpha value is -6.12. The number of morpholine rings is 1. The zero-order valence-corrected chi connectivity index (χ0v) is 66.9. The van der Waals surface area contributed by atoms with Gasteiger partial charge in [0.15, 0.2) is 11.6 Å². The molecule has 102 heavy (non-hydrogen) atoms. The number of Topliss-reactive ketones (excluding diaryl/α,β-unsaturated/α-hetero) is 2. The van der Waals surface area contributed by atoms with Gasteiger partial charge in [-0.2, -0.15) is 0 Å². The standard InChI is InChI=1S/C76H136N10O16/c1-25-57-74(97)80(19)54(17)72(95)85(24)66(55(18)101-37-31-30-34-86-35-38-100-39-36-86)62(88)44-56(48(8)9)73(96)81(20)58(40-45(2)3)61(87)43-52(15)68(91)77-53(16)71(94)82(21)59(41-46(4)5)75(98)83(22)60(42-47(6)7)76(99)84(23)65(49(10)11)70(93)79-64(69(92)78-57)67(90)51(14)32-28-26-27-29-33-63(89)102-50(12)13/h45-60,64-67,90H,25-44H2,1-24H3,(H,77,91)(H,78,92)(H,79,93)/t51-,52-,53-,54-,55-,56+,57+,58+,59+,60+,64+,65+,66+,67-/m1/s1. The van der Waals surface area contributed by atoms with Crippen LogP contribution < -0.4 is 16.0 Å². The Bertz CT molecular complexity index is 2720. The number of nitrogens with one attached hydrogen (secondary N) is 3. The quantitative estimate of drug-likeness (QED) is 0.0546. The second kappa shape index (κ2) is 44.6. The van der Waals surface area contributed by atoms with Crippen LogP contribution in [0.25, 0.3) is 0 Å². The molecule has 0 unspecified atom stereocenters. The Kier molecular flexibility index (Phi) is 40.2. The summed E-state index contributed by atoms with van der Waals surface area (Å²) in [6, 6.07) is -11.5. The van der Waals surface area contributed by atoms with Crippen LogP contribution in [0.2, 0.25) is 0 Å². The third-order valence-corrected chi connectivity index (χ3v) is 20.2. The van der Waals surface area contributed by atoms with Gasteiger partial charge in [0.25, 0.3) is 0 Å². The molecule has 0 bridgehead atoms. The van der Waals surface area contributed by atoms with E-state index in [0.717, 1.165) is 31.0 Å². The fourth-order valence-corrected chi connectivity index (χ4v) is 13.7. The van der Waals surface area contributed by atoms with Crippen LogP contribution in [0.3, 0.4) is 0 Å². The predicted molar refractivity (Wildman–Crippen MR) is 393 cm³/mol. The number of unbranched alkanes of at least 4 members (excludes halogenated alkanes) is 4. The molecule has 0 spiro atoms. The number of carbonyl (C=O) groups is 12. The summed E-state index contributed by atoms with van der Waals surface area (Å²) in [5.41, 5.74) is 0. The van der Waals surface area contributed by atoms with Crippen molar-refractivity contribution in [3.05, 3.63) is 0 Å². The number of nitrogens with zero attached hydrogens (tertiary/aromatic N) is 7. The second-order valence-electron chi connectivity index (χ2n) is 31.4. The van der Waals surface area contributed by atoms with Crippen molar-refractivity contribution >= 4 is 70.7 Å². The first-order valence-corrected chi connectivity index (χ1v) is 37.9. The maximum absolute atomic E-state index is 15.3. The number of carbonyl (C=O) groups excluding carboxylic acids is 12. The number of amides is 9. The maximum atomic E-state index is 15.3. The summed E-state index contributed by atoms with van der Waals surface area (Å²) in [7, 11) is 8.68. The molecule has 2 aliphatic heterocycles. The van der Waals surface area contributed by atoms with Crippen LogP contribution in [0.4, 0.5) is 0 Å². The Morgan fingerprint density at radius 3 is 1.58 bits per heavy atom. The second-order valence-corrected chi connectivity index (χ2v) is 31.4. The minimum absolute atomic E-state index is 0.0206. The molecule has 0 aromatic rings. The Labute approximate surface area is 611 Å². The summed E-state index contributed by atoms with van der Waals surface area (Å²) in [5, 5.41) is 20.7. The largest absolute Gasteiger partial charge is 0.463 e. The number of likely N-dealkylation sites (N-methyl/N-ethyl adjacent to an activating group) is 6. The Morgan fingerprint density at radius 2 is 1.05 bits per heavy atom. The van der Waals surface area contributed by atoms with E-state index in [0.29, 0.717) is 51.7 Å². The van der Waals surface area contributed by atoms with Gasteiger partial charge in [-0.25, -0.2) is 0 Å². The van der Waals surface area contributed by atoms with Crippen LogP contribution in [0.5, 0.6) is 0 Å². The normalized spacial score (nSPS) is 26.5. The first-order valence-electron chi connectivity index (χ1n) is 37.9. The summed E-state index contributed by atoms with van der Waals surface area (Å²) in [6.07, 6.45) is 1.60. The van der Waals surface area contributed by atoms with Gasteiger partial charge in [0.2, 0.25) is 53.2 Å². The molecule has 26 nitrogen and oxygen atoms in total. The van der Waals surface area contributed by atoms with E-state index in [2.05, 4.69) is 20.9 Å². The molecule has 2 rings (SSSR count). The average molecular weight is 1450 g/mol. The lowest BCUT2D eigenvalue weighted by molar-refractivity contribution is -0.154. The van der Waals surface area contributed by atoms with Gasteiger partial charge in [0, 0.05) is 93.1 Å². The molecule has 2 heterocycles. The number of hydrogen-bond acceptors (Lipinski definition) is 17. The summed E-state index contributed by atoms with van der Waals surface area (Å²) >= 11 is 0. The van der Waals surface area contributed by atoms with Crippen molar-refractivity contribution in [2.75, 3.05) is 81.7 Å². The lowest BCUT2D eigenvalue weighted by atomic mass is 9.85. The number of hydrogen-bond donors (Lipinski definition) is 4. The van der Waals surface area contributed by atoms with Crippen LogP contribution >= 0.6 is 0 Å². The lowest BCUT2D eigenvalue weighted by Gasteiger charge is -2.40. The van der Waals surface area contributed by atoms with E-state index in [1.54, 1.807) is 69.2 Å². The van der Waals surface area contributed by atoms with Gasteiger partial charge in [-0.15, -0.1) is 0 Å². The van der Waals surface area contributed by atoms with Crippen molar-refractivity contribution in [2.45, 2.75) is 287 Å². The predicted octanol–water partition coefficient (Wildman–Crippen LogP) is 6.29. The summed E-state index contributed by atoms with van der Waals surface area (Å²) in [6.45, 7) is 35.4. The maximum Gasteiger partial charge on any atom is 0.306 e. The van der Waals surface area contributed by atoms with E-state index in [9.17, 15) is 29.1 Å². The molecule has 586 valence electrons. The molecule has 0 aliphatic carbocycles. The minimum atomic E-state index is -1.72. The number of rotatable bonds is 26. The van der Waals surface area contributed by atoms with E-state index in [-0.39, 0.29) is 81.4 Å². The highest BCUT2D eigenvalue weighted by atomic mass is 16.5. The highest BCUT2D eigenvalue weighted by Crippen LogP contribution is 2.28. The van der Waals surface area contributed by atoms with Gasteiger partial charge in [-0.3, -0.25) is 62.4 Å². The average Bonchev–Trinajstić information content (AvgIpc) is 0.813. The first kappa shape index (κ1) is 92.0. The molecule has 2 aliphatic rings. The molecule has 0 saturated carbocycles. The molecule has 2 saturated heterocycles. The molecule has 14 atom stereocenters. The van der Waals surface area contributed by atoms with Crippen LogP contribution in [0.1, 0.15) is 215 Å². The molecule has 0 radical (unpaired) electrons. The topological polar surface area (TPSA) is 312 Å². The molecule has 0 aromatic carbocycles. The molecule has 4 N–H and O–H groups in total. The molecule has 2 fully saturated rings. The van der Waals surface area contributed by atoms with Crippen LogP contribution in [0, 0.1) is 47.3 Å².